The van der Waals surface area contributed by atoms with Crippen LogP contribution < -0.4 is 5.43 Å². The summed E-state index contributed by atoms with van der Waals surface area (Å²) in [4.78, 5) is 36.7. The number of Topliss-reactive ketones (excluding diaryl/α,β-unsaturated/α-hetero) is 1. The number of ether oxygens (including phenoxy) is 2. The van der Waals surface area contributed by atoms with E-state index in [1.807, 2.05) is 0 Å². The number of carbonyl (C=O) groups excluding carboxylic acids is 3. The molecule has 0 atom stereocenters. The maximum atomic E-state index is 12.6. The minimum atomic E-state index is -4.48. The van der Waals surface area contributed by atoms with Crippen molar-refractivity contribution in [1.82, 2.24) is 10.4 Å². The maximum Gasteiger partial charge on any atom is 0.429 e. The molecule has 0 aliphatic rings. The summed E-state index contributed by atoms with van der Waals surface area (Å²) in [6.07, 6.45) is -6.11. The fourth-order valence-corrected chi connectivity index (χ4v) is 2.31. The van der Waals surface area contributed by atoms with E-state index in [4.69, 9.17) is 9.47 Å². The number of halogens is 3. The third-order valence-electron chi connectivity index (χ3n) is 3.56. The fraction of sp³-hybridized carbons (Fsp3) is 0.571. The third kappa shape index (κ3) is 10.2. The van der Waals surface area contributed by atoms with Gasteiger partial charge in [-0.1, -0.05) is 12.1 Å². The number of hydrogen-bond acceptors (Lipinski definition) is 5. The molecule has 0 saturated carbocycles. The highest BCUT2D eigenvalue weighted by Gasteiger charge is 2.30. The van der Waals surface area contributed by atoms with Crippen LogP contribution >= 0.6 is 0 Å². The summed E-state index contributed by atoms with van der Waals surface area (Å²) >= 11 is 0. The smallest absolute Gasteiger partial charge is 0.429 e. The quantitative estimate of drug-likeness (QED) is 0.487. The van der Waals surface area contributed by atoms with Crippen molar-refractivity contribution < 1.29 is 37.0 Å². The molecule has 0 spiro atoms. The Bertz CT molecular complexity index is 778. The van der Waals surface area contributed by atoms with Crippen molar-refractivity contribution in [3.63, 3.8) is 0 Å². The van der Waals surface area contributed by atoms with Gasteiger partial charge in [0.1, 0.15) is 11.2 Å². The van der Waals surface area contributed by atoms with E-state index in [1.54, 1.807) is 41.5 Å². The first-order chi connectivity index (χ1) is 14.0. The molecule has 2 amide bonds. The molecule has 0 radical (unpaired) electrons. The third-order valence-corrected chi connectivity index (χ3v) is 3.56. The van der Waals surface area contributed by atoms with E-state index in [9.17, 15) is 27.6 Å². The number of ketones is 1. The minimum absolute atomic E-state index is 0.0549. The number of alkyl halides is 3. The van der Waals surface area contributed by atoms with E-state index in [0.29, 0.717) is 0 Å². The molecular formula is C21H29F3N2O5. The van der Waals surface area contributed by atoms with Crippen molar-refractivity contribution >= 4 is 18.0 Å². The Labute approximate surface area is 179 Å². The standard InChI is InChI=1S/C21H29F3N2O5/c1-19(2,3)30-17(28)25-26(18(29)31-20(4,5)6)13-7-8-16(27)14-9-11-15(12-10-14)21(22,23)24/h9-12H,7-8,13H2,1-6H3,(H,25,28). The summed E-state index contributed by atoms with van der Waals surface area (Å²) in [6.45, 7) is 9.88. The van der Waals surface area contributed by atoms with E-state index in [0.717, 1.165) is 29.3 Å². The zero-order valence-electron chi connectivity index (χ0n) is 18.6. The monoisotopic (exact) mass is 446 g/mol. The molecule has 31 heavy (non-hydrogen) atoms. The van der Waals surface area contributed by atoms with Crippen molar-refractivity contribution in [3.8, 4) is 0 Å². The number of carbonyl (C=O) groups is 3. The van der Waals surface area contributed by atoms with Gasteiger partial charge in [0, 0.05) is 18.5 Å². The average Bonchev–Trinajstić information content (AvgIpc) is 2.57. The lowest BCUT2D eigenvalue weighted by Crippen LogP contribution is -2.50. The van der Waals surface area contributed by atoms with Gasteiger partial charge in [0.25, 0.3) is 0 Å². The van der Waals surface area contributed by atoms with Crippen molar-refractivity contribution in [1.29, 1.82) is 0 Å². The van der Waals surface area contributed by atoms with Gasteiger partial charge >= 0.3 is 18.4 Å². The Balaban J connectivity index is 2.75. The van der Waals surface area contributed by atoms with E-state index in [1.165, 1.54) is 0 Å². The van der Waals surface area contributed by atoms with Gasteiger partial charge in [0.05, 0.1) is 5.56 Å². The predicted molar refractivity (Wildman–Crippen MR) is 107 cm³/mol. The molecule has 0 fully saturated rings. The lowest BCUT2D eigenvalue weighted by atomic mass is 10.0. The Kier molecular flexibility index (Phi) is 8.48. The van der Waals surface area contributed by atoms with Crippen molar-refractivity contribution in [2.45, 2.75) is 71.8 Å². The molecule has 0 aromatic heterocycles. The van der Waals surface area contributed by atoms with E-state index >= 15 is 0 Å². The first kappa shape index (κ1) is 26.3. The zero-order valence-corrected chi connectivity index (χ0v) is 18.6. The Morgan fingerprint density at radius 2 is 1.42 bits per heavy atom. The van der Waals surface area contributed by atoms with Crippen LogP contribution in [0.2, 0.25) is 0 Å². The van der Waals surface area contributed by atoms with Crippen LogP contribution in [0.4, 0.5) is 22.8 Å². The molecule has 0 heterocycles. The van der Waals surface area contributed by atoms with Gasteiger partial charge < -0.3 is 9.47 Å². The van der Waals surface area contributed by atoms with Gasteiger partial charge in [-0.25, -0.2) is 20.0 Å². The Hall–Kier alpha value is -2.78. The first-order valence-electron chi connectivity index (χ1n) is 9.68. The molecule has 1 N–H and O–H groups in total. The van der Waals surface area contributed by atoms with Crippen LogP contribution in [-0.2, 0) is 15.7 Å². The summed E-state index contributed by atoms with van der Waals surface area (Å²) in [6, 6.07) is 3.89. The van der Waals surface area contributed by atoms with E-state index in [2.05, 4.69) is 5.43 Å². The summed E-state index contributed by atoms with van der Waals surface area (Å²) in [5, 5.41) is 0.902. The average molecular weight is 446 g/mol. The second kappa shape index (κ2) is 10.0. The molecule has 0 aliphatic carbocycles. The molecule has 0 unspecified atom stereocenters. The minimum Gasteiger partial charge on any atom is -0.443 e. The molecule has 1 aromatic carbocycles. The number of hydrazine groups is 1. The SMILES string of the molecule is CC(C)(C)OC(=O)NN(CCCC(=O)c1ccc(C(F)(F)F)cc1)C(=O)OC(C)(C)C. The van der Waals surface area contributed by atoms with Crippen LogP contribution in [0.3, 0.4) is 0 Å². The molecule has 1 aromatic rings. The largest absolute Gasteiger partial charge is 0.443 e. The number of hydrogen-bond donors (Lipinski definition) is 1. The first-order valence-corrected chi connectivity index (χ1v) is 9.68. The summed E-state index contributed by atoms with van der Waals surface area (Å²) in [5.41, 5.74) is -0.0366. The number of nitrogens with zero attached hydrogens (tertiary/aromatic N) is 1. The highest BCUT2D eigenvalue weighted by Crippen LogP contribution is 2.29. The van der Waals surface area contributed by atoms with Crippen LogP contribution in [0, 0.1) is 0 Å². The van der Waals surface area contributed by atoms with Crippen LogP contribution in [0.1, 0.15) is 70.3 Å². The lowest BCUT2D eigenvalue weighted by molar-refractivity contribution is -0.137. The molecule has 7 nitrogen and oxygen atoms in total. The van der Waals surface area contributed by atoms with Gasteiger partial charge in [-0.15, -0.1) is 0 Å². The van der Waals surface area contributed by atoms with E-state index < -0.39 is 40.9 Å². The van der Waals surface area contributed by atoms with Crippen LogP contribution in [0.25, 0.3) is 0 Å². The molecule has 1 rings (SSSR count). The molecule has 10 heteroatoms. The Morgan fingerprint density at radius 1 is 0.903 bits per heavy atom. The summed E-state index contributed by atoms with van der Waals surface area (Å²) in [5.74, 6) is -0.393. The predicted octanol–water partition coefficient (Wildman–Crippen LogP) is 5.35. The second-order valence-corrected chi connectivity index (χ2v) is 8.85. The molecule has 0 aliphatic heterocycles. The second-order valence-electron chi connectivity index (χ2n) is 8.85. The maximum absolute atomic E-state index is 12.6. The van der Waals surface area contributed by atoms with Crippen LogP contribution in [-0.4, -0.2) is 40.7 Å². The number of amides is 2. The highest BCUT2D eigenvalue weighted by atomic mass is 19.4. The molecule has 0 saturated heterocycles. The van der Waals surface area contributed by atoms with Gasteiger partial charge in [0.15, 0.2) is 5.78 Å². The zero-order chi connectivity index (χ0) is 24.0. The van der Waals surface area contributed by atoms with Crippen LogP contribution in [0.15, 0.2) is 24.3 Å². The van der Waals surface area contributed by atoms with E-state index in [-0.39, 0.29) is 24.9 Å². The van der Waals surface area contributed by atoms with Crippen molar-refractivity contribution in [2.24, 2.45) is 0 Å². The Morgan fingerprint density at radius 3 is 1.87 bits per heavy atom. The van der Waals surface area contributed by atoms with Crippen molar-refractivity contribution in [2.75, 3.05) is 6.54 Å². The van der Waals surface area contributed by atoms with Gasteiger partial charge in [-0.05, 0) is 60.1 Å². The summed E-state index contributed by atoms with van der Waals surface area (Å²) < 4.78 is 48.3. The number of rotatable bonds is 5. The van der Waals surface area contributed by atoms with Crippen molar-refractivity contribution in [3.05, 3.63) is 35.4 Å². The van der Waals surface area contributed by atoms with Gasteiger partial charge in [-0.3, -0.25) is 4.79 Å². The van der Waals surface area contributed by atoms with Crippen LogP contribution in [0.5, 0.6) is 0 Å². The van der Waals surface area contributed by atoms with Gasteiger partial charge in [-0.2, -0.15) is 13.2 Å². The lowest BCUT2D eigenvalue weighted by Gasteiger charge is -2.28. The highest BCUT2D eigenvalue weighted by molar-refractivity contribution is 5.96. The molecule has 0 bridgehead atoms. The fourth-order valence-electron chi connectivity index (χ4n) is 2.31. The summed E-state index contributed by atoms with van der Waals surface area (Å²) in [7, 11) is 0. The number of benzene rings is 1. The normalized spacial score (nSPS) is 12.2. The van der Waals surface area contributed by atoms with Gasteiger partial charge in [0.2, 0.25) is 0 Å². The molecular weight excluding hydrogens is 417 g/mol. The number of nitrogens with one attached hydrogen (secondary N) is 1. The topological polar surface area (TPSA) is 84.9 Å². The molecule has 174 valence electrons.